The van der Waals surface area contributed by atoms with Crippen molar-refractivity contribution in [2.45, 2.75) is 19.0 Å². The lowest BCUT2D eigenvalue weighted by Gasteiger charge is -2.15. The van der Waals surface area contributed by atoms with Gasteiger partial charge in [-0.15, -0.1) is 0 Å². The number of hydrogen-bond acceptors (Lipinski definition) is 2. The van der Waals surface area contributed by atoms with Crippen molar-refractivity contribution in [2.75, 3.05) is 0 Å². The van der Waals surface area contributed by atoms with Gasteiger partial charge in [0.05, 0.1) is 17.3 Å². The molecule has 1 aliphatic rings. The van der Waals surface area contributed by atoms with Crippen molar-refractivity contribution in [3.8, 4) is 0 Å². The van der Waals surface area contributed by atoms with Gasteiger partial charge < -0.3 is 0 Å². The first-order valence-corrected chi connectivity index (χ1v) is 6.79. The standard InChI is InChI=1S/C16H13F3N2O/c1-21-14-6-5-11(15(22)13(14)9-20-21)7-10-3-2-4-12(8-10)16(17,18)19/h2-4,7-9H,5-6H2,1H3/b11-7-. The second-order valence-corrected chi connectivity index (χ2v) is 5.25. The minimum absolute atomic E-state index is 0.160. The third-order valence-electron chi connectivity index (χ3n) is 3.78. The molecule has 0 saturated heterocycles. The van der Waals surface area contributed by atoms with Crippen LogP contribution in [0.1, 0.15) is 33.6 Å². The summed E-state index contributed by atoms with van der Waals surface area (Å²) in [4.78, 5) is 12.4. The number of hydrogen-bond donors (Lipinski definition) is 0. The predicted octanol–water partition coefficient (Wildman–Crippen LogP) is 3.65. The molecule has 0 unspecified atom stereocenters. The molecule has 2 aromatic rings. The van der Waals surface area contributed by atoms with Crippen LogP contribution in [0.2, 0.25) is 0 Å². The number of fused-ring (bicyclic) bond motifs is 1. The molecule has 0 saturated carbocycles. The molecular formula is C16H13F3N2O. The van der Waals surface area contributed by atoms with Gasteiger partial charge in [-0.1, -0.05) is 12.1 Å². The summed E-state index contributed by atoms with van der Waals surface area (Å²) in [5, 5.41) is 4.06. The lowest BCUT2D eigenvalue weighted by atomic mass is 9.90. The minimum Gasteiger partial charge on any atom is -0.289 e. The Balaban J connectivity index is 1.95. The Kier molecular flexibility index (Phi) is 3.39. The van der Waals surface area contributed by atoms with Crippen molar-refractivity contribution >= 4 is 11.9 Å². The molecule has 0 aliphatic heterocycles. The van der Waals surface area contributed by atoms with Gasteiger partial charge in [0.15, 0.2) is 5.78 Å². The van der Waals surface area contributed by atoms with Gasteiger partial charge in [-0.3, -0.25) is 9.48 Å². The Morgan fingerprint density at radius 2 is 2.05 bits per heavy atom. The highest BCUT2D eigenvalue weighted by Crippen LogP contribution is 2.31. The van der Waals surface area contributed by atoms with Crippen LogP contribution >= 0.6 is 0 Å². The van der Waals surface area contributed by atoms with Gasteiger partial charge in [0.2, 0.25) is 0 Å². The van der Waals surface area contributed by atoms with E-state index in [0.29, 0.717) is 29.5 Å². The monoisotopic (exact) mass is 306 g/mol. The number of nitrogens with zero attached hydrogens (tertiary/aromatic N) is 2. The maximum absolute atomic E-state index is 12.7. The molecule has 0 radical (unpaired) electrons. The summed E-state index contributed by atoms with van der Waals surface area (Å²) in [6.45, 7) is 0. The molecule has 1 aromatic carbocycles. The van der Waals surface area contributed by atoms with E-state index in [1.165, 1.54) is 18.3 Å². The maximum Gasteiger partial charge on any atom is 0.416 e. The number of Topliss-reactive ketones (excluding diaryl/α,β-unsaturated/α-hetero) is 1. The number of alkyl halides is 3. The fourth-order valence-corrected chi connectivity index (χ4v) is 2.63. The lowest BCUT2D eigenvalue weighted by molar-refractivity contribution is -0.137. The number of rotatable bonds is 1. The predicted molar refractivity (Wildman–Crippen MR) is 75.3 cm³/mol. The van der Waals surface area contributed by atoms with Crippen LogP contribution in [0.25, 0.3) is 6.08 Å². The molecule has 6 heteroatoms. The molecule has 0 N–H and O–H groups in total. The van der Waals surface area contributed by atoms with Crippen LogP contribution in [0.3, 0.4) is 0 Å². The number of benzene rings is 1. The molecule has 0 spiro atoms. The fraction of sp³-hybridized carbons (Fsp3) is 0.250. The third kappa shape index (κ3) is 2.56. The molecule has 3 nitrogen and oxygen atoms in total. The van der Waals surface area contributed by atoms with Gasteiger partial charge in [0.25, 0.3) is 0 Å². The van der Waals surface area contributed by atoms with Crippen molar-refractivity contribution in [3.05, 3.63) is 58.4 Å². The Morgan fingerprint density at radius 1 is 1.27 bits per heavy atom. The molecule has 3 rings (SSSR count). The fourth-order valence-electron chi connectivity index (χ4n) is 2.63. The maximum atomic E-state index is 12.7. The van der Waals surface area contributed by atoms with E-state index in [2.05, 4.69) is 5.10 Å². The average Bonchev–Trinajstić information content (AvgIpc) is 2.84. The van der Waals surface area contributed by atoms with E-state index in [4.69, 9.17) is 0 Å². The Morgan fingerprint density at radius 3 is 2.77 bits per heavy atom. The van der Waals surface area contributed by atoms with Gasteiger partial charge in [-0.2, -0.15) is 18.3 Å². The number of halogens is 3. The van der Waals surface area contributed by atoms with Gasteiger partial charge in [-0.05, 0) is 36.6 Å². The summed E-state index contributed by atoms with van der Waals surface area (Å²) < 4.78 is 39.8. The smallest absolute Gasteiger partial charge is 0.289 e. The van der Waals surface area contributed by atoms with Crippen molar-refractivity contribution in [1.29, 1.82) is 0 Å². The Hall–Kier alpha value is -2.37. The van der Waals surface area contributed by atoms with Crippen LogP contribution in [0.4, 0.5) is 13.2 Å². The second kappa shape index (κ2) is 5.12. The van der Waals surface area contributed by atoms with Crippen molar-refractivity contribution in [1.82, 2.24) is 9.78 Å². The molecule has 0 fully saturated rings. The minimum atomic E-state index is -4.39. The molecule has 0 amide bonds. The van der Waals surface area contributed by atoms with E-state index in [0.717, 1.165) is 17.8 Å². The number of aromatic nitrogens is 2. The largest absolute Gasteiger partial charge is 0.416 e. The molecular weight excluding hydrogens is 293 g/mol. The van der Waals surface area contributed by atoms with E-state index < -0.39 is 11.7 Å². The lowest BCUT2D eigenvalue weighted by Crippen LogP contribution is -2.15. The van der Waals surface area contributed by atoms with Crippen LogP contribution in [-0.4, -0.2) is 15.6 Å². The number of ketones is 1. The molecule has 114 valence electrons. The molecule has 22 heavy (non-hydrogen) atoms. The van der Waals surface area contributed by atoms with Crippen molar-refractivity contribution in [3.63, 3.8) is 0 Å². The SMILES string of the molecule is Cn1ncc2c1CC/C(=C/c1cccc(C(F)(F)F)c1)C2=O. The van der Waals surface area contributed by atoms with E-state index in [9.17, 15) is 18.0 Å². The summed E-state index contributed by atoms with van der Waals surface area (Å²) in [5.74, 6) is -0.160. The zero-order valence-electron chi connectivity index (χ0n) is 11.8. The first-order chi connectivity index (χ1) is 10.4. The molecule has 1 heterocycles. The van der Waals surface area contributed by atoms with E-state index >= 15 is 0 Å². The molecule has 0 bridgehead atoms. The molecule has 1 aromatic heterocycles. The second-order valence-electron chi connectivity index (χ2n) is 5.25. The highest BCUT2D eigenvalue weighted by molar-refractivity contribution is 6.12. The number of carbonyl (C=O) groups excluding carboxylic acids is 1. The quantitative estimate of drug-likeness (QED) is 0.754. The number of carbonyl (C=O) groups is 1. The van der Waals surface area contributed by atoms with E-state index in [1.54, 1.807) is 17.8 Å². The van der Waals surface area contributed by atoms with Gasteiger partial charge >= 0.3 is 6.18 Å². The zero-order chi connectivity index (χ0) is 15.9. The summed E-state index contributed by atoms with van der Waals surface area (Å²) in [5.41, 5.74) is 1.58. The highest BCUT2D eigenvalue weighted by Gasteiger charge is 2.30. The zero-order valence-corrected chi connectivity index (χ0v) is 11.8. The van der Waals surface area contributed by atoms with Crippen LogP contribution in [0, 0.1) is 0 Å². The molecule has 1 aliphatic carbocycles. The summed E-state index contributed by atoms with van der Waals surface area (Å²) in [7, 11) is 1.77. The normalized spacial score (nSPS) is 16.9. The van der Waals surface area contributed by atoms with Crippen molar-refractivity contribution < 1.29 is 18.0 Å². The number of aryl methyl sites for hydroxylation is 1. The first-order valence-electron chi connectivity index (χ1n) is 6.79. The third-order valence-corrected chi connectivity index (χ3v) is 3.78. The first kappa shape index (κ1) is 14.6. The van der Waals surface area contributed by atoms with Crippen molar-refractivity contribution in [2.24, 2.45) is 7.05 Å². The highest BCUT2D eigenvalue weighted by atomic mass is 19.4. The molecule has 0 atom stereocenters. The summed E-state index contributed by atoms with van der Waals surface area (Å²) in [6.07, 6.45) is -0.185. The Bertz CT molecular complexity index is 772. The van der Waals surface area contributed by atoms with Gasteiger partial charge in [-0.25, -0.2) is 0 Å². The van der Waals surface area contributed by atoms with Crippen LogP contribution < -0.4 is 0 Å². The van der Waals surface area contributed by atoms with Gasteiger partial charge in [0, 0.05) is 18.3 Å². The van der Waals surface area contributed by atoms with Crippen LogP contribution in [0.15, 0.2) is 36.0 Å². The van der Waals surface area contributed by atoms with Crippen LogP contribution in [0.5, 0.6) is 0 Å². The average molecular weight is 306 g/mol. The van der Waals surface area contributed by atoms with E-state index in [-0.39, 0.29) is 5.78 Å². The van der Waals surface area contributed by atoms with Gasteiger partial charge in [0.1, 0.15) is 0 Å². The van der Waals surface area contributed by atoms with E-state index in [1.807, 2.05) is 0 Å². The summed E-state index contributed by atoms with van der Waals surface area (Å²) in [6, 6.07) is 4.98. The topological polar surface area (TPSA) is 34.9 Å². The summed E-state index contributed by atoms with van der Waals surface area (Å²) >= 11 is 0. The number of allylic oxidation sites excluding steroid dienone is 1. The Labute approximate surface area is 125 Å². The van der Waals surface area contributed by atoms with Crippen LogP contribution in [-0.2, 0) is 19.6 Å².